The largest absolute Gasteiger partial charge is 0.348 e. The highest BCUT2D eigenvalue weighted by molar-refractivity contribution is 5.92. The van der Waals surface area contributed by atoms with Crippen LogP contribution in [0.1, 0.15) is 23.9 Å². The van der Waals surface area contributed by atoms with Crippen molar-refractivity contribution in [2.45, 2.75) is 33.4 Å². The van der Waals surface area contributed by atoms with Crippen molar-refractivity contribution in [1.29, 1.82) is 0 Å². The summed E-state index contributed by atoms with van der Waals surface area (Å²) in [6.07, 6.45) is 6.56. The van der Waals surface area contributed by atoms with Crippen molar-refractivity contribution in [3.63, 3.8) is 0 Å². The van der Waals surface area contributed by atoms with Crippen LogP contribution in [0.15, 0.2) is 55.1 Å². The van der Waals surface area contributed by atoms with Crippen LogP contribution in [0.4, 0.5) is 0 Å². The van der Waals surface area contributed by atoms with E-state index in [1.807, 2.05) is 31.2 Å². The van der Waals surface area contributed by atoms with Crippen LogP contribution >= 0.6 is 0 Å². The van der Waals surface area contributed by atoms with Gasteiger partial charge in [0.25, 0.3) is 0 Å². The molecule has 0 aliphatic rings. The van der Waals surface area contributed by atoms with Gasteiger partial charge in [0, 0.05) is 29.2 Å². The standard InChI is InChI=1S/C20H23N5O/c1-15(12-24-14-21-13-22-24)23-20(26)10-9-18-11-16(2)25(17(18)3)19-7-5-4-6-8-19/h4-11,13-15H,12H2,1-3H3,(H,23,26)/b10-9+. The fourth-order valence-electron chi connectivity index (χ4n) is 3.04. The van der Waals surface area contributed by atoms with Crippen LogP contribution in [0.2, 0.25) is 0 Å². The SMILES string of the molecule is Cc1cc(/C=C/C(=O)NC(C)Cn2cncn2)c(C)n1-c1ccccc1. The fraction of sp³-hybridized carbons (Fsp3) is 0.250. The van der Waals surface area contributed by atoms with Gasteiger partial charge in [0.15, 0.2) is 0 Å². The van der Waals surface area contributed by atoms with Crippen LogP contribution in [0.5, 0.6) is 0 Å². The average Bonchev–Trinajstić information content (AvgIpc) is 3.21. The number of hydrogen-bond acceptors (Lipinski definition) is 3. The number of aryl methyl sites for hydroxylation is 1. The zero-order valence-corrected chi connectivity index (χ0v) is 15.3. The molecule has 0 saturated carbocycles. The van der Waals surface area contributed by atoms with E-state index in [0.717, 1.165) is 22.6 Å². The summed E-state index contributed by atoms with van der Waals surface area (Å²) in [7, 11) is 0. The third-order valence-electron chi connectivity index (χ3n) is 4.22. The van der Waals surface area contributed by atoms with E-state index in [9.17, 15) is 4.79 Å². The molecule has 0 radical (unpaired) electrons. The number of rotatable bonds is 6. The first-order valence-corrected chi connectivity index (χ1v) is 8.60. The van der Waals surface area contributed by atoms with Gasteiger partial charge in [-0.25, -0.2) is 4.98 Å². The zero-order valence-electron chi connectivity index (χ0n) is 15.3. The predicted molar refractivity (Wildman–Crippen MR) is 102 cm³/mol. The summed E-state index contributed by atoms with van der Waals surface area (Å²) < 4.78 is 3.88. The van der Waals surface area contributed by atoms with Crippen molar-refractivity contribution in [2.24, 2.45) is 0 Å². The van der Waals surface area contributed by atoms with Gasteiger partial charge < -0.3 is 9.88 Å². The fourth-order valence-corrected chi connectivity index (χ4v) is 3.04. The Kier molecular flexibility index (Phi) is 5.31. The molecule has 6 heteroatoms. The molecular formula is C20H23N5O. The van der Waals surface area contributed by atoms with E-state index in [4.69, 9.17) is 0 Å². The number of carbonyl (C=O) groups is 1. The lowest BCUT2D eigenvalue weighted by Gasteiger charge is -2.11. The number of aromatic nitrogens is 4. The molecule has 6 nitrogen and oxygen atoms in total. The Labute approximate surface area is 153 Å². The highest BCUT2D eigenvalue weighted by atomic mass is 16.1. The number of nitrogens with one attached hydrogen (secondary N) is 1. The van der Waals surface area contributed by atoms with E-state index in [1.165, 1.54) is 6.33 Å². The second kappa shape index (κ2) is 7.82. The van der Waals surface area contributed by atoms with E-state index in [1.54, 1.807) is 17.1 Å². The van der Waals surface area contributed by atoms with Gasteiger partial charge in [-0.3, -0.25) is 9.48 Å². The number of benzene rings is 1. The minimum Gasteiger partial charge on any atom is -0.348 e. The maximum absolute atomic E-state index is 12.2. The van der Waals surface area contributed by atoms with Gasteiger partial charge in [-0.15, -0.1) is 0 Å². The Balaban J connectivity index is 1.67. The van der Waals surface area contributed by atoms with Crippen LogP contribution in [-0.4, -0.2) is 31.3 Å². The van der Waals surface area contributed by atoms with E-state index < -0.39 is 0 Å². The molecule has 2 heterocycles. The average molecular weight is 349 g/mol. The first kappa shape index (κ1) is 17.7. The van der Waals surface area contributed by atoms with Crippen molar-refractivity contribution in [2.75, 3.05) is 0 Å². The maximum Gasteiger partial charge on any atom is 0.244 e. The first-order chi connectivity index (χ1) is 12.5. The summed E-state index contributed by atoms with van der Waals surface area (Å²) in [5, 5.41) is 6.98. The number of hydrogen-bond donors (Lipinski definition) is 1. The highest BCUT2D eigenvalue weighted by Crippen LogP contribution is 2.21. The van der Waals surface area contributed by atoms with Gasteiger partial charge in [-0.05, 0) is 50.6 Å². The van der Waals surface area contributed by atoms with Crippen molar-refractivity contribution in [3.8, 4) is 5.69 Å². The minimum absolute atomic E-state index is 0.0365. The first-order valence-electron chi connectivity index (χ1n) is 8.60. The summed E-state index contributed by atoms with van der Waals surface area (Å²) in [5.41, 5.74) is 4.39. The lowest BCUT2D eigenvalue weighted by Crippen LogP contribution is -2.34. The van der Waals surface area contributed by atoms with Gasteiger partial charge in [-0.1, -0.05) is 18.2 Å². The number of carbonyl (C=O) groups excluding carboxylic acids is 1. The second-order valence-corrected chi connectivity index (χ2v) is 6.36. The quantitative estimate of drug-likeness (QED) is 0.696. The molecule has 0 aliphatic carbocycles. The Morgan fingerprint density at radius 1 is 1.27 bits per heavy atom. The molecule has 26 heavy (non-hydrogen) atoms. The van der Waals surface area contributed by atoms with E-state index >= 15 is 0 Å². The Morgan fingerprint density at radius 3 is 2.73 bits per heavy atom. The maximum atomic E-state index is 12.2. The topological polar surface area (TPSA) is 64.7 Å². The summed E-state index contributed by atoms with van der Waals surface area (Å²) in [4.78, 5) is 16.1. The molecule has 1 atom stereocenters. The minimum atomic E-state index is -0.123. The highest BCUT2D eigenvalue weighted by Gasteiger charge is 2.10. The van der Waals surface area contributed by atoms with Crippen molar-refractivity contribution in [1.82, 2.24) is 24.6 Å². The van der Waals surface area contributed by atoms with Crippen LogP contribution in [0.3, 0.4) is 0 Å². The van der Waals surface area contributed by atoms with Gasteiger partial charge >= 0.3 is 0 Å². The number of nitrogens with zero attached hydrogens (tertiary/aromatic N) is 4. The molecule has 3 rings (SSSR count). The molecular weight excluding hydrogens is 326 g/mol. The molecule has 134 valence electrons. The molecule has 1 unspecified atom stereocenters. The lowest BCUT2D eigenvalue weighted by atomic mass is 10.2. The molecule has 1 amide bonds. The van der Waals surface area contributed by atoms with E-state index in [-0.39, 0.29) is 11.9 Å². The van der Waals surface area contributed by atoms with Crippen molar-refractivity contribution in [3.05, 3.63) is 72.1 Å². The molecule has 2 aromatic heterocycles. The molecule has 0 saturated heterocycles. The number of amides is 1. The van der Waals surface area contributed by atoms with E-state index in [0.29, 0.717) is 6.54 Å². The summed E-state index contributed by atoms with van der Waals surface area (Å²) in [6.45, 7) is 6.65. The van der Waals surface area contributed by atoms with Crippen molar-refractivity contribution < 1.29 is 4.79 Å². The van der Waals surface area contributed by atoms with Gasteiger partial charge in [-0.2, -0.15) is 5.10 Å². The van der Waals surface area contributed by atoms with Gasteiger partial charge in [0.05, 0.1) is 6.54 Å². The monoisotopic (exact) mass is 349 g/mol. The molecule has 0 aliphatic heterocycles. The molecule has 0 spiro atoms. The Hall–Kier alpha value is -3.15. The molecule has 1 N–H and O–H groups in total. The number of para-hydroxylation sites is 1. The zero-order chi connectivity index (χ0) is 18.5. The molecule has 3 aromatic rings. The summed E-state index contributed by atoms with van der Waals surface area (Å²) >= 11 is 0. The Bertz CT molecular complexity index is 894. The van der Waals surface area contributed by atoms with Gasteiger partial charge in [0.1, 0.15) is 12.7 Å². The van der Waals surface area contributed by atoms with Crippen molar-refractivity contribution >= 4 is 12.0 Å². The normalized spacial score (nSPS) is 12.4. The Morgan fingerprint density at radius 2 is 2.04 bits per heavy atom. The summed E-state index contributed by atoms with van der Waals surface area (Å²) in [5.74, 6) is -0.123. The third kappa shape index (κ3) is 4.08. The molecule has 0 bridgehead atoms. The van der Waals surface area contributed by atoms with Crippen LogP contribution in [-0.2, 0) is 11.3 Å². The van der Waals surface area contributed by atoms with Crippen LogP contribution in [0.25, 0.3) is 11.8 Å². The summed E-state index contributed by atoms with van der Waals surface area (Å²) in [6, 6.07) is 12.2. The van der Waals surface area contributed by atoms with E-state index in [2.05, 4.69) is 52.0 Å². The lowest BCUT2D eigenvalue weighted by molar-refractivity contribution is -0.117. The second-order valence-electron chi connectivity index (χ2n) is 6.36. The van der Waals surface area contributed by atoms with Gasteiger partial charge in [0.2, 0.25) is 5.91 Å². The molecule has 1 aromatic carbocycles. The molecule has 0 fully saturated rings. The third-order valence-corrected chi connectivity index (χ3v) is 4.22. The predicted octanol–water partition coefficient (Wildman–Crippen LogP) is 2.90. The smallest absolute Gasteiger partial charge is 0.244 e. The van der Waals surface area contributed by atoms with Crippen LogP contribution in [0, 0.1) is 13.8 Å². The van der Waals surface area contributed by atoms with Crippen LogP contribution < -0.4 is 5.32 Å².